The van der Waals surface area contributed by atoms with E-state index in [9.17, 15) is 18.3 Å². The van der Waals surface area contributed by atoms with Crippen LogP contribution in [0.4, 0.5) is 0 Å². The molecule has 3 N–H and O–H groups in total. The number of sulfone groups is 1. The molecule has 2 aromatic rings. The number of benzene rings is 2. The highest BCUT2D eigenvalue weighted by Crippen LogP contribution is 2.63. The Kier molecular flexibility index (Phi) is 4.15. The molecule has 1 aliphatic rings. The van der Waals surface area contributed by atoms with Crippen LogP contribution in [-0.4, -0.2) is 31.3 Å². The van der Waals surface area contributed by atoms with Gasteiger partial charge in [-0.3, -0.25) is 4.79 Å². The van der Waals surface area contributed by atoms with Crippen molar-refractivity contribution in [1.29, 1.82) is 0 Å². The summed E-state index contributed by atoms with van der Waals surface area (Å²) in [6.07, 6.45) is 0. The summed E-state index contributed by atoms with van der Waals surface area (Å²) in [7, 11) is -3.86. The summed E-state index contributed by atoms with van der Waals surface area (Å²) in [6.45, 7) is -0.251. The molecule has 3 atom stereocenters. The second-order valence-corrected chi connectivity index (χ2v) is 8.36. The van der Waals surface area contributed by atoms with Crippen LogP contribution in [0.5, 0.6) is 0 Å². The normalized spacial score (nSPS) is 26.1. The van der Waals surface area contributed by atoms with E-state index in [1.54, 1.807) is 30.3 Å². The molecule has 0 heterocycles. The monoisotopic (exact) mass is 365 g/mol. The highest BCUT2D eigenvalue weighted by molar-refractivity contribution is 7.92. The van der Waals surface area contributed by atoms with Crippen LogP contribution in [0.25, 0.3) is 0 Å². The number of halogens is 1. The number of carbonyl (C=O) groups is 1. The Morgan fingerprint density at radius 1 is 1.12 bits per heavy atom. The van der Waals surface area contributed by atoms with E-state index in [-0.39, 0.29) is 11.4 Å². The van der Waals surface area contributed by atoms with Crippen molar-refractivity contribution in [3.8, 4) is 0 Å². The SMILES string of the molecule is NC[C@@]1(C(=O)O)[C@H](c2ccccc2)[C@@H]1S(=O)(=O)c1ccc(Cl)cc1. The molecular formula is C17H16ClNO4S. The van der Waals surface area contributed by atoms with Crippen molar-refractivity contribution in [3.63, 3.8) is 0 Å². The molecule has 0 saturated heterocycles. The van der Waals surface area contributed by atoms with Gasteiger partial charge in [0.25, 0.3) is 0 Å². The summed E-state index contributed by atoms with van der Waals surface area (Å²) >= 11 is 5.81. The summed E-state index contributed by atoms with van der Waals surface area (Å²) in [5.74, 6) is -1.87. The molecule has 5 nitrogen and oxygen atoms in total. The molecule has 2 aromatic carbocycles. The third-order valence-corrected chi connectivity index (χ3v) is 7.17. The molecule has 0 bridgehead atoms. The average molecular weight is 366 g/mol. The molecule has 1 saturated carbocycles. The second kappa shape index (κ2) is 5.88. The Bertz CT molecular complexity index is 867. The van der Waals surface area contributed by atoms with Crippen molar-refractivity contribution in [2.45, 2.75) is 16.1 Å². The highest BCUT2D eigenvalue weighted by Gasteiger charge is 2.75. The first-order chi connectivity index (χ1) is 11.4. The molecule has 1 fully saturated rings. The first-order valence-electron chi connectivity index (χ1n) is 7.33. The van der Waals surface area contributed by atoms with E-state index in [1.165, 1.54) is 24.3 Å². The predicted octanol–water partition coefficient (Wildman–Crippen LogP) is 2.31. The maximum absolute atomic E-state index is 13.0. The third-order valence-electron chi connectivity index (χ3n) is 4.63. The van der Waals surface area contributed by atoms with Crippen LogP contribution in [0.2, 0.25) is 5.02 Å². The lowest BCUT2D eigenvalue weighted by atomic mass is 9.99. The van der Waals surface area contributed by atoms with Gasteiger partial charge in [0.15, 0.2) is 9.84 Å². The first kappa shape index (κ1) is 17.0. The molecule has 0 aliphatic heterocycles. The maximum atomic E-state index is 13.0. The number of nitrogens with two attached hydrogens (primary N) is 1. The van der Waals surface area contributed by atoms with Gasteiger partial charge in [-0.05, 0) is 29.8 Å². The van der Waals surface area contributed by atoms with Gasteiger partial charge in [-0.25, -0.2) is 8.42 Å². The fourth-order valence-electron chi connectivity index (χ4n) is 3.35. The fourth-order valence-corrected chi connectivity index (χ4v) is 5.86. The van der Waals surface area contributed by atoms with Crippen LogP contribution < -0.4 is 5.73 Å². The molecule has 0 amide bonds. The van der Waals surface area contributed by atoms with Crippen LogP contribution in [0, 0.1) is 5.41 Å². The minimum absolute atomic E-state index is 0.0504. The number of hydrogen-bond acceptors (Lipinski definition) is 4. The van der Waals surface area contributed by atoms with E-state index >= 15 is 0 Å². The largest absolute Gasteiger partial charge is 0.481 e. The zero-order chi connectivity index (χ0) is 17.5. The van der Waals surface area contributed by atoms with Gasteiger partial charge in [0.2, 0.25) is 0 Å². The van der Waals surface area contributed by atoms with Gasteiger partial charge >= 0.3 is 5.97 Å². The standard InChI is InChI=1S/C17H16ClNO4S/c18-12-6-8-13(9-7-12)24(22,23)15-14(11-4-2-1-3-5-11)17(15,10-19)16(20)21/h1-9,14-15H,10,19H2,(H,20,21)/t14-,15+,17-/m1/s1. The van der Waals surface area contributed by atoms with Crippen LogP contribution in [0.1, 0.15) is 11.5 Å². The third kappa shape index (κ3) is 2.42. The zero-order valence-corrected chi connectivity index (χ0v) is 14.2. The molecule has 126 valence electrons. The van der Waals surface area contributed by atoms with Crippen molar-refractivity contribution in [3.05, 3.63) is 65.2 Å². The summed E-state index contributed by atoms with van der Waals surface area (Å²) < 4.78 is 26.0. The van der Waals surface area contributed by atoms with E-state index in [1.807, 2.05) is 0 Å². The molecule has 24 heavy (non-hydrogen) atoms. The molecular weight excluding hydrogens is 350 g/mol. The van der Waals surface area contributed by atoms with Crippen LogP contribution >= 0.6 is 11.6 Å². The van der Waals surface area contributed by atoms with E-state index in [0.29, 0.717) is 10.6 Å². The number of rotatable bonds is 5. The van der Waals surface area contributed by atoms with E-state index < -0.39 is 32.4 Å². The predicted molar refractivity (Wildman–Crippen MR) is 90.7 cm³/mol. The lowest BCUT2D eigenvalue weighted by Gasteiger charge is -2.10. The zero-order valence-electron chi connectivity index (χ0n) is 12.6. The number of carboxylic acid groups (broad SMARTS) is 1. The topological polar surface area (TPSA) is 97.5 Å². The molecule has 0 radical (unpaired) electrons. The average Bonchev–Trinajstić information content (AvgIpc) is 3.28. The first-order valence-corrected chi connectivity index (χ1v) is 9.26. The maximum Gasteiger partial charge on any atom is 0.312 e. The minimum Gasteiger partial charge on any atom is -0.481 e. The van der Waals surface area contributed by atoms with E-state index in [4.69, 9.17) is 17.3 Å². The minimum atomic E-state index is -3.86. The van der Waals surface area contributed by atoms with Crippen molar-refractivity contribution < 1.29 is 18.3 Å². The van der Waals surface area contributed by atoms with E-state index in [0.717, 1.165) is 0 Å². The van der Waals surface area contributed by atoms with Gasteiger partial charge in [-0.1, -0.05) is 41.9 Å². The number of hydrogen-bond donors (Lipinski definition) is 2. The van der Waals surface area contributed by atoms with Gasteiger partial charge in [-0.15, -0.1) is 0 Å². The van der Waals surface area contributed by atoms with Gasteiger partial charge in [0.05, 0.1) is 10.1 Å². The molecule has 1 aliphatic carbocycles. The van der Waals surface area contributed by atoms with Gasteiger partial charge in [0.1, 0.15) is 5.41 Å². The summed E-state index contributed by atoms with van der Waals surface area (Å²) in [6, 6.07) is 14.5. The molecule has 0 unspecified atom stereocenters. The summed E-state index contributed by atoms with van der Waals surface area (Å²) in [5, 5.41) is 9.00. The van der Waals surface area contributed by atoms with Gasteiger partial charge < -0.3 is 10.8 Å². The van der Waals surface area contributed by atoms with Crippen LogP contribution in [-0.2, 0) is 14.6 Å². The van der Waals surface area contributed by atoms with E-state index in [2.05, 4.69) is 0 Å². The second-order valence-electron chi connectivity index (χ2n) is 5.86. The van der Waals surface area contributed by atoms with Gasteiger partial charge in [-0.2, -0.15) is 0 Å². The summed E-state index contributed by atoms with van der Waals surface area (Å²) in [5.41, 5.74) is 4.87. The quantitative estimate of drug-likeness (QED) is 0.847. The molecule has 0 aromatic heterocycles. The van der Waals surface area contributed by atoms with Crippen LogP contribution in [0.3, 0.4) is 0 Å². The Morgan fingerprint density at radius 3 is 2.21 bits per heavy atom. The van der Waals surface area contributed by atoms with Crippen molar-refractivity contribution in [2.75, 3.05) is 6.54 Å². The number of aliphatic carboxylic acids is 1. The fraction of sp³-hybridized carbons (Fsp3) is 0.235. The molecule has 7 heteroatoms. The van der Waals surface area contributed by atoms with Crippen molar-refractivity contribution in [1.82, 2.24) is 0 Å². The Morgan fingerprint density at radius 2 is 1.71 bits per heavy atom. The Balaban J connectivity index is 2.11. The smallest absolute Gasteiger partial charge is 0.312 e. The summed E-state index contributed by atoms with van der Waals surface area (Å²) in [4.78, 5) is 11.9. The lowest BCUT2D eigenvalue weighted by Crippen LogP contribution is -2.31. The number of carboxylic acids is 1. The van der Waals surface area contributed by atoms with Gasteiger partial charge in [0, 0.05) is 17.5 Å². The van der Waals surface area contributed by atoms with Crippen molar-refractivity contribution >= 4 is 27.4 Å². The lowest BCUT2D eigenvalue weighted by molar-refractivity contribution is -0.143. The van der Waals surface area contributed by atoms with Crippen LogP contribution in [0.15, 0.2) is 59.5 Å². The Labute approximate surface area is 145 Å². The highest BCUT2D eigenvalue weighted by atomic mass is 35.5. The molecule has 0 spiro atoms. The molecule has 3 rings (SSSR count). The van der Waals surface area contributed by atoms with Crippen molar-refractivity contribution in [2.24, 2.45) is 11.1 Å². The Hall–Kier alpha value is -1.89.